The zero-order valence-corrected chi connectivity index (χ0v) is 11.4. The highest BCUT2D eigenvalue weighted by atomic mass is 35.5. The Morgan fingerprint density at radius 3 is 2.67 bits per heavy atom. The van der Waals surface area contributed by atoms with E-state index < -0.39 is 16.0 Å². The molecule has 0 fully saturated rings. The fraction of sp³-hybridized carbons (Fsp3) is 0.364. The Bertz CT molecular complexity index is 542. The summed E-state index contributed by atoms with van der Waals surface area (Å²) in [6.45, 7) is 1.87. The number of halogens is 1. The minimum atomic E-state index is -3.54. The molecule has 1 rings (SSSR count). The van der Waals surface area contributed by atoms with Crippen molar-refractivity contribution in [2.24, 2.45) is 0 Å². The number of sulfonamides is 1. The first-order valence-electron chi connectivity index (χ1n) is 5.39. The van der Waals surface area contributed by atoms with Crippen molar-refractivity contribution in [3.8, 4) is 0 Å². The van der Waals surface area contributed by atoms with Gasteiger partial charge >= 0.3 is 5.97 Å². The highest BCUT2D eigenvalue weighted by Crippen LogP contribution is 2.25. The summed E-state index contributed by atoms with van der Waals surface area (Å²) in [6.07, 6.45) is 1.25. The van der Waals surface area contributed by atoms with Gasteiger partial charge in [0.25, 0.3) is 0 Å². The second kappa shape index (κ2) is 6.06. The minimum Gasteiger partial charge on any atom is -0.478 e. The van der Waals surface area contributed by atoms with Crippen LogP contribution in [0.2, 0.25) is 5.02 Å². The van der Waals surface area contributed by atoms with Gasteiger partial charge in [-0.25, -0.2) is 13.2 Å². The zero-order valence-electron chi connectivity index (χ0n) is 9.81. The lowest BCUT2D eigenvalue weighted by molar-refractivity contribution is 0.0698. The predicted octanol–water partition coefficient (Wildman–Crippen LogP) is 2.58. The van der Waals surface area contributed by atoms with E-state index in [4.69, 9.17) is 16.7 Å². The number of benzene rings is 1. The first-order chi connectivity index (χ1) is 8.37. The normalized spacial score (nSPS) is 11.2. The first kappa shape index (κ1) is 14.8. The molecule has 2 N–H and O–H groups in total. The molecule has 0 heterocycles. The average Bonchev–Trinajstić information content (AvgIpc) is 2.25. The molecule has 100 valence electrons. The molecule has 0 spiro atoms. The molecule has 0 atom stereocenters. The zero-order chi connectivity index (χ0) is 13.8. The Morgan fingerprint density at radius 2 is 2.11 bits per heavy atom. The SMILES string of the molecule is CCCCS(=O)(=O)Nc1cccc(Cl)c1C(=O)O. The van der Waals surface area contributed by atoms with E-state index in [2.05, 4.69) is 4.72 Å². The predicted molar refractivity (Wildman–Crippen MR) is 70.7 cm³/mol. The molecule has 0 radical (unpaired) electrons. The van der Waals surface area contributed by atoms with Crippen molar-refractivity contribution >= 4 is 33.3 Å². The number of hydrogen-bond donors (Lipinski definition) is 2. The lowest BCUT2D eigenvalue weighted by atomic mass is 10.2. The summed E-state index contributed by atoms with van der Waals surface area (Å²) in [5.41, 5.74) is -0.245. The molecule has 0 aliphatic heterocycles. The lowest BCUT2D eigenvalue weighted by Crippen LogP contribution is -2.18. The number of carboxylic acids is 1. The summed E-state index contributed by atoms with van der Waals surface area (Å²) in [5, 5.41) is 9.00. The number of anilines is 1. The van der Waals surface area contributed by atoms with Crippen LogP contribution in [-0.2, 0) is 10.0 Å². The maximum atomic E-state index is 11.7. The van der Waals surface area contributed by atoms with E-state index in [9.17, 15) is 13.2 Å². The van der Waals surface area contributed by atoms with Crippen LogP contribution in [-0.4, -0.2) is 25.2 Å². The van der Waals surface area contributed by atoms with Crippen LogP contribution < -0.4 is 4.72 Å². The first-order valence-corrected chi connectivity index (χ1v) is 7.42. The molecule has 1 aromatic carbocycles. The molecule has 0 saturated carbocycles. The monoisotopic (exact) mass is 291 g/mol. The van der Waals surface area contributed by atoms with Gasteiger partial charge in [0.1, 0.15) is 5.56 Å². The topological polar surface area (TPSA) is 83.5 Å². The molecular formula is C11H14ClNO4S. The minimum absolute atomic E-state index is 0.00167. The Balaban J connectivity index is 3.05. The molecule has 1 aromatic rings. The van der Waals surface area contributed by atoms with Gasteiger partial charge in [0.05, 0.1) is 16.5 Å². The highest BCUT2D eigenvalue weighted by Gasteiger charge is 2.18. The van der Waals surface area contributed by atoms with Crippen LogP contribution in [0.1, 0.15) is 30.1 Å². The quantitative estimate of drug-likeness (QED) is 0.844. The fourth-order valence-corrected chi connectivity index (χ4v) is 2.91. The lowest BCUT2D eigenvalue weighted by Gasteiger charge is -2.11. The number of carboxylic acid groups (broad SMARTS) is 1. The Morgan fingerprint density at radius 1 is 1.44 bits per heavy atom. The number of unbranched alkanes of at least 4 members (excludes halogenated alkanes) is 1. The van der Waals surface area contributed by atoms with Crippen LogP contribution in [0.3, 0.4) is 0 Å². The van der Waals surface area contributed by atoms with Gasteiger partial charge in [-0.2, -0.15) is 0 Å². The number of rotatable bonds is 6. The van der Waals surface area contributed by atoms with Crippen molar-refractivity contribution < 1.29 is 18.3 Å². The van der Waals surface area contributed by atoms with Crippen LogP contribution in [0.4, 0.5) is 5.69 Å². The van der Waals surface area contributed by atoms with E-state index in [1.807, 2.05) is 6.92 Å². The number of aromatic carboxylic acids is 1. The molecule has 0 aliphatic carbocycles. The molecule has 0 amide bonds. The van der Waals surface area contributed by atoms with E-state index >= 15 is 0 Å². The number of nitrogens with one attached hydrogen (secondary N) is 1. The Labute approximate surface area is 111 Å². The van der Waals surface area contributed by atoms with Crippen molar-refractivity contribution in [1.29, 1.82) is 0 Å². The molecular weight excluding hydrogens is 278 g/mol. The third kappa shape index (κ3) is 3.89. The summed E-state index contributed by atoms with van der Waals surface area (Å²) in [5.74, 6) is -1.32. The van der Waals surface area contributed by atoms with Crippen LogP contribution in [0.15, 0.2) is 18.2 Å². The summed E-state index contributed by atoms with van der Waals surface area (Å²) < 4.78 is 25.6. The van der Waals surface area contributed by atoms with Crippen molar-refractivity contribution in [1.82, 2.24) is 0 Å². The van der Waals surface area contributed by atoms with E-state index in [0.717, 1.165) is 6.42 Å². The number of hydrogen-bond acceptors (Lipinski definition) is 3. The van der Waals surface area contributed by atoms with Crippen LogP contribution in [0.25, 0.3) is 0 Å². The van der Waals surface area contributed by atoms with Crippen LogP contribution >= 0.6 is 11.6 Å². The van der Waals surface area contributed by atoms with Crippen molar-refractivity contribution in [2.45, 2.75) is 19.8 Å². The van der Waals surface area contributed by atoms with Gasteiger partial charge in [0, 0.05) is 0 Å². The molecule has 7 heteroatoms. The molecule has 0 saturated heterocycles. The maximum Gasteiger partial charge on any atom is 0.339 e. The van der Waals surface area contributed by atoms with Crippen LogP contribution in [0, 0.1) is 0 Å². The Kier molecular flexibility index (Phi) is 4.98. The Hall–Kier alpha value is -1.27. The second-order valence-corrected chi connectivity index (χ2v) is 5.99. The number of carbonyl (C=O) groups is 1. The largest absolute Gasteiger partial charge is 0.478 e. The standard InChI is InChI=1S/C11H14ClNO4S/c1-2-3-7-18(16,17)13-9-6-4-5-8(12)10(9)11(14)15/h4-6,13H,2-3,7H2,1H3,(H,14,15). The molecule has 18 heavy (non-hydrogen) atoms. The second-order valence-electron chi connectivity index (χ2n) is 3.74. The van der Waals surface area contributed by atoms with Crippen molar-refractivity contribution in [3.63, 3.8) is 0 Å². The van der Waals surface area contributed by atoms with E-state index in [1.54, 1.807) is 0 Å². The summed E-state index contributed by atoms with van der Waals surface area (Å²) in [4.78, 5) is 11.0. The van der Waals surface area contributed by atoms with Gasteiger partial charge < -0.3 is 5.11 Å². The maximum absolute atomic E-state index is 11.7. The summed E-state index contributed by atoms with van der Waals surface area (Å²) in [7, 11) is -3.54. The smallest absolute Gasteiger partial charge is 0.339 e. The third-order valence-corrected chi connectivity index (χ3v) is 3.93. The third-order valence-electron chi connectivity index (χ3n) is 2.26. The fourth-order valence-electron chi connectivity index (χ4n) is 1.38. The van der Waals surface area contributed by atoms with E-state index in [1.165, 1.54) is 18.2 Å². The van der Waals surface area contributed by atoms with Crippen molar-refractivity contribution in [3.05, 3.63) is 28.8 Å². The molecule has 0 bridgehead atoms. The van der Waals surface area contributed by atoms with Crippen LogP contribution in [0.5, 0.6) is 0 Å². The van der Waals surface area contributed by atoms with Crippen molar-refractivity contribution in [2.75, 3.05) is 10.5 Å². The van der Waals surface area contributed by atoms with Gasteiger partial charge in [-0.15, -0.1) is 0 Å². The molecule has 0 aliphatic rings. The van der Waals surface area contributed by atoms with Gasteiger partial charge in [-0.3, -0.25) is 4.72 Å². The molecule has 0 unspecified atom stereocenters. The molecule has 5 nitrogen and oxygen atoms in total. The van der Waals surface area contributed by atoms with Gasteiger partial charge in [-0.05, 0) is 18.6 Å². The van der Waals surface area contributed by atoms with Gasteiger partial charge in [-0.1, -0.05) is 31.0 Å². The highest BCUT2D eigenvalue weighted by molar-refractivity contribution is 7.92. The van der Waals surface area contributed by atoms with Gasteiger partial charge in [0.15, 0.2) is 0 Å². The summed E-state index contributed by atoms with van der Waals surface area (Å²) >= 11 is 5.74. The van der Waals surface area contributed by atoms with E-state index in [-0.39, 0.29) is 22.0 Å². The average molecular weight is 292 g/mol. The summed E-state index contributed by atoms with van der Waals surface area (Å²) in [6, 6.07) is 4.26. The molecule has 0 aromatic heterocycles. The van der Waals surface area contributed by atoms with E-state index in [0.29, 0.717) is 6.42 Å². The van der Waals surface area contributed by atoms with Gasteiger partial charge in [0.2, 0.25) is 10.0 Å².